The minimum absolute atomic E-state index is 0.00638. The molecule has 0 aliphatic carbocycles. The molecule has 2 heterocycles. The van der Waals surface area contributed by atoms with Crippen LogP contribution in [-0.2, 0) is 19.9 Å². The van der Waals surface area contributed by atoms with Crippen LogP contribution in [0.25, 0.3) is 10.2 Å². The molecule has 0 bridgehead atoms. The third kappa shape index (κ3) is 3.46. The second kappa shape index (κ2) is 6.63. The molecule has 0 aliphatic rings. The number of hydrogen-bond acceptors (Lipinski definition) is 8. The second-order valence-electron chi connectivity index (χ2n) is 5.74. The number of anilines is 1. The van der Waals surface area contributed by atoms with Gasteiger partial charge >= 0.3 is 0 Å². The van der Waals surface area contributed by atoms with Gasteiger partial charge in [-0.05, 0) is 38.5 Å². The van der Waals surface area contributed by atoms with Crippen LogP contribution >= 0.6 is 11.3 Å². The van der Waals surface area contributed by atoms with Gasteiger partial charge in [-0.3, -0.25) is 4.72 Å². The van der Waals surface area contributed by atoms with Gasteiger partial charge in [-0.1, -0.05) is 12.1 Å². The van der Waals surface area contributed by atoms with Gasteiger partial charge in [-0.25, -0.2) is 21.8 Å². The van der Waals surface area contributed by atoms with Gasteiger partial charge in [0.25, 0.3) is 10.0 Å². The van der Waals surface area contributed by atoms with Crippen LogP contribution in [0.1, 0.15) is 24.8 Å². The fraction of sp³-hybridized carbons (Fsp3) is 0.333. The molecule has 0 amide bonds. The second-order valence-corrected chi connectivity index (χ2v) is 10.7. The summed E-state index contributed by atoms with van der Waals surface area (Å²) >= 11 is 1.02. The summed E-state index contributed by atoms with van der Waals surface area (Å²) in [5.41, 5.74) is 1.08. The first-order valence-electron chi connectivity index (χ1n) is 7.73. The van der Waals surface area contributed by atoms with Crippen molar-refractivity contribution in [3.8, 4) is 0 Å². The predicted octanol–water partition coefficient (Wildman–Crippen LogP) is 2.89. The maximum atomic E-state index is 12.6. The van der Waals surface area contributed by atoms with Crippen molar-refractivity contribution in [2.24, 2.45) is 0 Å². The topological polar surface area (TPSA) is 119 Å². The third-order valence-corrected chi connectivity index (χ3v) is 8.62. The number of aromatic nitrogens is 2. The van der Waals surface area contributed by atoms with E-state index in [2.05, 4.69) is 14.9 Å². The summed E-state index contributed by atoms with van der Waals surface area (Å²) in [5, 5.41) is 3.65. The van der Waals surface area contributed by atoms with Gasteiger partial charge in [0, 0.05) is 0 Å². The lowest BCUT2D eigenvalue weighted by Gasteiger charge is -2.07. The Labute approximate surface area is 155 Å². The summed E-state index contributed by atoms with van der Waals surface area (Å²) in [6.07, 6.45) is 0.501. The molecular formula is C15H17N3O5S3. The minimum Gasteiger partial charge on any atom is -0.360 e. The zero-order valence-electron chi connectivity index (χ0n) is 14.3. The largest absolute Gasteiger partial charge is 0.360 e. The normalized spacial score (nSPS) is 12.6. The first-order chi connectivity index (χ1) is 12.1. The van der Waals surface area contributed by atoms with Crippen molar-refractivity contribution < 1.29 is 21.4 Å². The number of nitrogens with one attached hydrogen (secondary N) is 1. The molecule has 0 fully saturated rings. The Kier molecular flexibility index (Phi) is 4.80. The van der Waals surface area contributed by atoms with Crippen LogP contribution in [0, 0.1) is 13.8 Å². The van der Waals surface area contributed by atoms with Crippen LogP contribution in [0.5, 0.6) is 0 Å². The molecule has 2 aromatic heterocycles. The number of thiazole rings is 1. The molecule has 0 spiro atoms. The monoisotopic (exact) mass is 415 g/mol. The highest BCUT2D eigenvalue weighted by molar-refractivity contribution is 7.93. The average Bonchev–Trinajstić information content (AvgIpc) is 3.10. The fourth-order valence-corrected chi connectivity index (χ4v) is 6.61. The number of aryl methyl sites for hydroxylation is 2. The molecule has 140 valence electrons. The van der Waals surface area contributed by atoms with E-state index >= 15 is 0 Å². The molecule has 0 saturated carbocycles. The number of sulfonamides is 1. The van der Waals surface area contributed by atoms with E-state index in [1.807, 2.05) is 0 Å². The number of benzene rings is 1. The van der Waals surface area contributed by atoms with Gasteiger partial charge in [0.1, 0.15) is 5.69 Å². The number of nitrogens with zero attached hydrogens (tertiary/aromatic N) is 2. The zero-order chi connectivity index (χ0) is 19.1. The highest BCUT2D eigenvalue weighted by atomic mass is 32.2. The highest BCUT2D eigenvalue weighted by Gasteiger charge is 2.25. The molecule has 1 N–H and O–H groups in total. The Morgan fingerprint density at radius 3 is 2.54 bits per heavy atom. The summed E-state index contributed by atoms with van der Waals surface area (Å²) in [6, 6.07) is 4.68. The van der Waals surface area contributed by atoms with Crippen molar-refractivity contribution in [2.45, 2.75) is 36.4 Å². The van der Waals surface area contributed by atoms with Crippen molar-refractivity contribution in [3.63, 3.8) is 0 Å². The van der Waals surface area contributed by atoms with Crippen LogP contribution in [0.2, 0.25) is 0 Å². The van der Waals surface area contributed by atoms with E-state index in [9.17, 15) is 16.8 Å². The van der Waals surface area contributed by atoms with Crippen molar-refractivity contribution >= 4 is 47.1 Å². The smallest absolute Gasteiger partial charge is 0.267 e. The number of sulfone groups is 1. The van der Waals surface area contributed by atoms with E-state index in [4.69, 9.17) is 4.52 Å². The molecule has 26 heavy (non-hydrogen) atoms. The van der Waals surface area contributed by atoms with E-state index in [1.165, 1.54) is 13.0 Å². The number of rotatable bonds is 6. The lowest BCUT2D eigenvalue weighted by molar-refractivity contribution is 0.390. The van der Waals surface area contributed by atoms with Gasteiger partial charge in [0.15, 0.2) is 10.7 Å². The molecule has 0 aliphatic heterocycles. The van der Waals surface area contributed by atoms with Crippen molar-refractivity contribution in [3.05, 3.63) is 29.7 Å². The molecule has 3 aromatic rings. The third-order valence-electron chi connectivity index (χ3n) is 3.60. The van der Waals surface area contributed by atoms with Gasteiger partial charge in [0.05, 0.1) is 21.7 Å². The van der Waals surface area contributed by atoms with E-state index in [1.54, 1.807) is 26.0 Å². The fourth-order valence-electron chi connectivity index (χ4n) is 2.52. The Balaban J connectivity index is 1.97. The predicted molar refractivity (Wildman–Crippen MR) is 98.7 cm³/mol. The molecule has 11 heteroatoms. The molecule has 0 radical (unpaired) electrons. The minimum atomic E-state index is -3.87. The number of hydrogen-bond donors (Lipinski definition) is 1. The standard InChI is InChI=1S/C15H17N3O5S3/c1-4-7-25(19,20)15-16-12-6-5-11(8-13(12)24-15)18-26(21,22)14-9(2)17-23-10(14)3/h5-6,8,18H,4,7H2,1-3H3. The summed E-state index contributed by atoms with van der Waals surface area (Å²) in [6.45, 7) is 4.85. The molecule has 3 rings (SSSR count). The van der Waals surface area contributed by atoms with Gasteiger partial charge in [0.2, 0.25) is 14.2 Å². The Bertz CT molecular complexity index is 1160. The average molecular weight is 416 g/mol. The molecule has 0 unspecified atom stereocenters. The van der Waals surface area contributed by atoms with Gasteiger partial charge in [-0.2, -0.15) is 0 Å². The van der Waals surface area contributed by atoms with E-state index < -0.39 is 19.9 Å². The lowest BCUT2D eigenvalue weighted by atomic mass is 10.3. The highest BCUT2D eigenvalue weighted by Crippen LogP contribution is 2.30. The SMILES string of the molecule is CCCS(=O)(=O)c1nc2ccc(NS(=O)(=O)c3c(C)noc3C)cc2s1. The maximum Gasteiger partial charge on any atom is 0.267 e. The van der Waals surface area contributed by atoms with Crippen LogP contribution in [-0.4, -0.2) is 32.7 Å². The van der Waals surface area contributed by atoms with Crippen LogP contribution < -0.4 is 4.72 Å². The van der Waals surface area contributed by atoms with Crippen LogP contribution in [0.4, 0.5) is 5.69 Å². The summed E-state index contributed by atoms with van der Waals surface area (Å²) in [7, 11) is -7.29. The lowest BCUT2D eigenvalue weighted by Crippen LogP contribution is -2.14. The molecule has 0 atom stereocenters. The molecule has 0 saturated heterocycles. The summed E-state index contributed by atoms with van der Waals surface area (Å²) in [5.74, 6) is 0.222. The Morgan fingerprint density at radius 1 is 1.19 bits per heavy atom. The van der Waals surface area contributed by atoms with Crippen LogP contribution in [0.15, 0.2) is 32.0 Å². The van der Waals surface area contributed by atoms with Gasteiger partial charge < -0.3 is 4.52 Å². The van der Waals surface area contributed by atoms with Crippen molar-refractivity contribution in [1.29, 1.82) is 0 Å². The number of fused-ring (bicyclic) bond motifs is 1. The first kappa shape index (κ1) is 18.8. The molecular weight excluding hydrogens is 398 g/mol. The summed E-state index contributed by atoms with van der Waals surface area (Å²) < 4.78 is 57.5. The van der Waals surface area contributed by atoms with E-state index in [0.717, 1.165) is 11.3 Å². The van der Waals surface area contributed by atoms with E-state index in [0.29, 0.717) is 22.3 Å². The van der Waals surface area contributed by atoms with Gasteiger partial charge in [-0.15, -0.1) is 11.3 Å². The molecule has 8 nitrogen and oxygen atoms in total. The Hall–Kier alpha value is -1.98. The van der Waals surface area contributed by atoms with Crippen LogP contribution in [0.3, 0.4) is 0 Å². The first-order valence-corrected chi connectivity index (χ1v) is 11.7. The van der Waals surface area contributed by atoms with E-state index in [-0.39, 0.29) is 26.4 Å². The molecule has 1 aromatic carbocycles. The zero-order valence-corrected chi connectivity index (χ0v) is 16.8. The quantitative estimate of drug-likeness (QED) is 0.657. The Morgan fingerprint density at radius 2 is 1.92 bits per heavy atom. The van der Waals surface area contributed by atoms with Crippen molar-refractivity contribution in [1.82, 2.24) is 10.1 Å². The maximum absolute atomic E-state index is 12.6. The van der Waals surface area contributed by atoms with Crippen molar-refractivity contribution in [2.75, 3.05) is 10.5 Å². The summed E-state index contributed by atoms with van der Waals surface area (Å²) in [4.78, 5) is 4.14.